The number of nitrogens with one attached hydrogen (secondary N) is 1. The van der Waals surface area contributed by atoms with Crippen LogP contribution in [0.1, 0.15) is 19.3 Å². The zero-order valence-electron chi connectivity index (χ0n) is 11.4. The molecular formula is C13H18N4O3. The molecule has 1 aromatic heterocycles. The van der Waals surface area contributed by atoms with Crippen LogP contribution in [0.25, 0.3) is 0 Å². The number of carbonyl (C=O) groups excluding carboxylic acids is 2. The number of anilines is 1. The fourth-order valence-corrected chi connectivity index (χ4v) is 1.97. The van der Waals surface area contributed by atoms with E-state index in [4.69, 9.17) is 0 Å². The molecule has 0 aliphatic carbocycles. The molecule has 0 spiro atoms. The molecule has 1 aliphatic rings. The van der Waals surface area contributed by atoms with Crippen LogP contribution in [-0.4, -0.2) is 53.0 Å². The zero-order chi connectivity index (χ0) is 14.4. The van der Waals surface area contributed by atoms with E-state index in [1.807, 2.05) is 0 Å². The third-order valence-electron chi connectivity index (χ3n) is 3.13. The summed E-state index contributed by atoms with van der Waals surface area (Å²) in [6.45, 7) is 1.30. The molecule has 108 valence electrons. The van der Waals surface area contributed by atoms with Crippen LogP contribution in [-0.2, 0) is 14.3 Å². The summed E-state index contributed by atoms with van der Waals surface area (Å²) in [5.74, 6) is 0.374. The van der Waals surface area contributed by atoms with Gasteiger partial charge in [-0.25, -0.2) is 9.97 Å². The van der Waals surface area contributed by atoms with Crippen molar-refractivity contribution in [3.05, 3.63) is 18.5 Å². The van der Waals surface area contributed by atoms with Gasteiger partial charge in [0.25, 0.3) is 0 Å². The first-order chi connectivity index (χ1) is 9.69. The molecule has 0 saturated carbocycles. The van der Waals surface area contributed by atoms with Crippen molar-refractivity contribution in [3.63, 3.8) is 0 Å². The fourth-order valence-electron chi connectivity index (χ4n) is 1.97. The van der Waals surface area contributed by atoms with E-state index in [1.54, 1.807) is 23.4 Å². The number of nitrogens with zero attached hydrogens (tertiary/aromatic N) is 3. The zero-order valence-corrected chi connectivity index (χ0v) is 11.4. The molecule has 0 atom stereocenters. The maximum atomic E-state index is 11.8. The van der Waals surface area contributed by atoms with Gasteiger partial charge in [-0.1, -0.05) is 0 Å². The van der Waals surface area contributed by atoms with E-state index < -0.39 is 0 Å². The van der Waals surface area contributed by atoms with Gasteiger partial charge in [0.15, 0.2) is 0 Å². The lowest BCUT2D eigenvalue weighted by Crippen LogP contribution is -2.57. The molecule has 7 heteroatoms. The van der Waals surface area contributed by atoms with E-state index in [-0.39, 0.29) is 24.3 Å². The summed E-state index contributed by atoms with van der Waals surface area (Å²) in [5.41, 5.74) is 0. The van der Waals surface area contributed by atoms with Crippen LogP contribution < -0.4 is 5.32 Å². The second-order valence-corrected chi connectivity index (χ2v) is 4.64. The van der Waals surface area contributed by atoms with E-state index in [0.717, 1.165) is 0 Å². The van der Waals surface area contributed by atoms with Crippen molar-refractivity contribution in [2.45, 2.75) is 25.3 Å². The topological polar surface area (TPSA) is 84.4 Å². The maximum absolute atomic E-state index is 11.8. The Labute approximate surface area is 117 Å². The van der Waals surface area contributed by atoms with E-state index >= 15 is 0 Å². The minimum absolute atomic E-state index is 0.0703. The number of rotatable bonds is 6. The highest BCUT2D eigenvalue weighted by atomic mass is 16.5. The van der Waals surface area contributed by atoms with Gasteiger partial charge in [-0.3, -0.25) is 9.59 Å². The summed E-state index contributed by atoms with van der Waals surface area (Å²) in [7, 11) is 1.35. The number of hydrogen-bond acceptors (Lipinski definition) is 6. The van der Waals surface area contributed by atoms with E-state index in [9.17, 15) is 9.59 Å². The first-order valence-corrected chi connectivity index (χ1v) is 6.57. The van der Waals surface area contributed by atoms with Gasteiger partial charge in [0.05, 0.1) is 13.2 Å². The van der Waals surface area contributed by atoms with Gasteiger partial charge in [0.1, 0.15) is 0 Å². The Balaban J connectivity index is 1.63. The molecule has 1 aliphatic heterocycles. The summed E-state index contributed by atoms with van der Waals surface area (Å²) in [6, 6.07) is 1.95. The monoisotopic (exact) mass is 278 g/mol. The van der Waals surface area contributed by atoms with Gasteiger partial charge in [-0.15, -0.1) is 0 Å². The molecule has 2 rings (SSSR count). The summed E-state index contributed by atoms with van der Waals surface area (Å²) < 4.78 is 4.53. The van der Waals surface area contributed by atoms with Crippen LogP contribution in [0.5, 0.6) is 0 Å². The fraction of sp³-hybridized carbons (Fsp3) is 0.538. The summed E-state index contributed by atoms with van der Waals surface area (Å²) in [6.07, 6.45) is 4.54. The number of hydrogen-bond donors (Lipinski definition) is 1. The average molecular weight is 278 g/mol. The van der Waals surface area contributed by atoms with Crippen LogP contribution in [0.15, 0.2) is 18.5 Å². The Hall–Kier alpha value is -2.18. The molecule has 0 radical (unpaired) electrons. The summed E-state index contributed by atoms with van der Waals surface area (Å²) in [5, 5.41) is 3.16. The molecule has 1 aromatic rings. The highest BCUT2D eigenvalue weighted by molar-refractivity contribution is 5.78. The highest BCUT2D eigenvalue weighted by Gasteiger charge is 2.30. The van der Waals surface area contributed by atoms with E-state index in [2.05, 4.69) is 20.0 Å². The van der Waals surface area contributed by atoms with Crippen molar-refractivity contribution in [2.75, 3.05) is 25.5 Å². The summed E-state index contributed by atoms with van der Waals surface area (Å²) in [4.78, 5) is 32.6. The molecule has 0 unspecified atom stereocenters. The average Bonchev–Trinajstić information content (AvgIpc) is 2.43. The van der Waals surface area contributed by atoms with Crippen LogP contribution >= 0.6 is 0 Å². The lowest BCUT2D eigenvalue weighted by molar-refractivity contribution is -0.141. The lowest BCUT2D eigenvalue weighted by Gasteiger charge is -2.39. The number of methoxy groups -OCH3 is 1. The number of amides is 1. The maximum Gasteiger partial charge on any atom is 0.305 e. The van der Waals surface area contributed by atoms with Gasteiger partial charge >= 0.3 is 5.97 Å². The smallest absolute Gasteiger partial charge is 0.305 e. The number of ether oxygens (including phenoxy) is 1. The first kappa shape index (κ1) is 14.2. The van der Waals surface area contributed by atoms with Crippen molar-refractivity contribution >= 4 is 17.8 Å². The van der Waals surface area contributed by atoms with Crippen LogP contribution in [0, 0.1) is 0 Å². The first-order valence-electron chi connectivity index (χ1n) is 6.57. The van der Waals surface area contributed by atoms with Crippen molar-refractivity contribution in [1.29, 1.82) is 0 Å². The normalized spacial score (nSPS) is 14.6. The Morgan fingerprint density at radius 3 is 2.70 bits per heavy atom. The summed E-state index contributed by atoms with van der Waals surface area (Å²) >= 11 is 0. The molecule has 0 bridgehead atoms. The van der Waals surface area contributed by atoms with Gasteiger partial charge in [-0.05, 0) is 12.5 Å². The van der Waals surface area contributed by atoms with Crippen LogP contribution in [0.3, 0.4) is 0 Å². The van der Waals surface area contributed by atoms with Crippen molar-refractivity contribution in [3.8, 4) is 0 Å². The minimum atomic E-state index is -0.276. The Morgan fingerprint density at radius 2 is 2.05 bits per heavy atom. The third-order valence-corrected chi connectivity index (χ3v) is 3.13. The second-order valence-electron chi connectivity index (χ2n) is 4.64. The Kier molecular flexibility index (Phi) is 4.86. The predicted molar refractivity (Wildman–Crippen MR) is 71.9 cm³/mol. The molecule has 7 nitrogen and oxygen atoms in total. The highest BCUT2D eigenvalue weighted by Crippen LogP contribution is 2.14. The van der Waals surface area contributed by atoms with Crippen molar-refractivity contribution in [1.82, 2.24) is 14.9 Å². The molecule has 1 saturated heterocycles. The van der Waals surface area contributed by atoms with Gasteiger partial charge in [-0.2, -0.15) is 0 Å². The number of esters is 1. The largest absolute Gasteiger partial charge is 0.469 e. The SMILES string of the molecule is COC(=O)CCCC(=O)N1CC(Nc2ncccn2)C1. The van der Waals surface area contributed by atoms with Crippen LogP contribution in [0.2, 0.25) is 0 Å². The Bertz CT molecular complexity index is 460. The van der Waals surface area contributed by atoms with Crippen LogP contribution in [0.4, 0.5) is 5.95 Å². The van der Waals surface area contributed by atoms with E-state index in [0.29, 0.717) is 31.9 Å². The molecular weight excluding hydrogens is 260 g/mol. The van der Waals surface area contributed by atoms with E-state index in [1.165, 1.54) is 7.11 Å². The quantitative estimate of drug-likeness (QED) is 0.760. The number of likely N-dealkylation sites (tertiary alicyclic amines) is 1. The molecule has 1 fully saturated rings. The third kappa shape index (κ3) is 3.91. The molecule has 20 heavy (non-hydrogen) atoms. The molecule has 0 aromatic carbocycles. The predicted octanol–water partition coefficient (Wildman–Crippen LogP) is 0.443. The lowest BCUT2D eigenvalue weighted by atomic mass is 10.1. The minimum Gasteiger partial charge on any atom is -0.469 e. The Morgan fingerprint density at radius 1 is 1.35 bits per heavy atom. The van der Waals surface area contributed by atoms with Gasteiger partial charge in [0.2, 0.25) is 11.9 Å². The molecule has 2 heterocycles. The standard InChI is InChI=1S/C13H18N4O3/c1-20-12(19)5-2-4-11(18)17-8-10(9-17)16-13-14-6-3-7-15-13/h3,6-7,10H,2,4-5,8-9H2,1H3,(H,14,15,16). The van der Waals surface area contributed by atoms with Gasteiger partial charge < -0.3 is 15.0 Å². The van der Waals surface area contributed by atoms with Crippen molar-refractivity contribution < 1.29 is 14.3 Å². The van der Waals surface area contributed by atoms with Crippen molar-refractivity contribution in [2.24, 2.45) is 0 Å². The van der Waals surface area contributed by atoms with Gasteiger partial charge in [0, 0.05) is 38.3 Å². The second kappa shape index (κ2) is 6.83. The number of aromatic nitrogens is 2. The molecule has 1 amide bonds. The molecule has 1 N–H and O–H groups in total. The number of carbonyl (C=O) groups is 2.